The number of hydrogen-bond donors (Lipinski definition) is 0. The van der Waals surface area contributed by atoms with E-state index < -0.39 is 0 Å². The van der Waals surface area contributed by atoms with Gasteiger partial charge in [-0.05, 0) is 71.4 Å². The zero-order valence-corrected chi connectivity index (χ0v) is 26.4. The lowest BCUT2D eigenvalue weighted by atomic mass is 10.1. The molecule has 0 aliphatic carbocycles. The molecule has 4 aromatic heterocycles. The smallest absolute Gasteiger partial charge is 0.344 e. The molecule has 0 aliphatic rings. The second kappa shape index (κ2) is 9.81. The second-order valence-electron chi connectivity index (χ2n) is 12.8. The van der Waals surface area contributed by atoms with Crippen LogP contribution in [0.3, 0.4) is 0 Å². The van der Waals surface area contributed by atoms with Crippen LogP contribution in [0.15, 0.2) is 164 Å². The third-order valence-corrected chi connectivity index (χ3v) is 10.2. The number of benzene rings is 7. The summed E-state index contributed by atoms with van der Waals surface area (Å²) in [6.45, 7) is 0. The second-order valence-corrected chi connectivity index (χ2v) is 12.8. The number of para-hydroxylation sites is 2. The van der Waals surface area contributed by atoms with Gasteiger partial charge in [-0.15, -0.1) is 0 Å². The molecule has 6 nitrogen and oxygen atoms in total. The fourth-order valence-corrected chi connectivity index (χ4v) is 8.06. The van der Waals surface area contributed by atoms with Crippen LogP contribution in [-0.4, -0.2) is 9.13 Å². The van der Waals surface area contributed by atoms with E-state index in [1.54, 1.807) is 0 Å². The first-order valence-corrected chi connectivity index (χ1v) is 16.5. The average Bonchev–Trinajstić information content (AvgIpc) is 3.69. The Morgan fingerprint density at radius 2 is 0.660 bits per heavy atom. The molecule has 0 unspecified atom stereocenters. The van der Waals surface area contributed by atoms with E-state index >= 15 is 0 Å². The highest BCUT2D eigenvalue weighted by Crippen LogP contribution is 2.40. The molecule has 0 amide bonds. The van der Waals surface area contributed by atoms with E-state index in [0.717, 1.165) is 76.5 Å². The molecule has 6 heteroatoms. The molecule has 4 heterocycles. The summed E-state index contributed by atoms with van der Waals surface area (Å²) in [5, 5.41) is 8.79. The molecule has 234 valence electrons. The van der Waals surface area contributed by atoms with Crippen LogP contribution in [0.4, 0.5) is 0 Å². The molecule has 0 atom stereocenters. The van der Waals surface area contributed by atoms with Crippen LogP contribution >= 0.6 is 0 Å². The predicted octanol–water partition coefficient (Wildman–Crippen LogP) is 10.4. The lowest BCUT2D eigenvalue weighted by Gasteiger charge is -2.13. The van der Waals surface area contributed by atoms with Gasteiger partial charge in [0, 0.05) is 43.7 Å². The van der Waals surface area contributed by atoms with Crippen molar-refractivity contribution in [2.24, 2.45) is 0 Å². The van der Waals surface area contributed by atoms with E-state index in [1.807, 2.05) is 72.8 Å². The molecule has 0 N–H and O–H groups in total. The summed E-state index contributed by atoms with van der Waals surface area (Å²) in [6, 6.07) is 48.4. The molecule has 0 bridgehead atoms. The van der Waals surface area contributed by atoms with Crippen molar-refractivity contribution in [1.82, 2.24) is 9.13 Å². The maximum absolute atomic E-state index is 13.3. The fraction of sp³-hybridized carbons (Fsp3) is 0. The van der Waals surface area contributed by atoms with E-state index in [4.69, 9.17) is 8.83 Å². The number of rotatable bonds is 2. The summed E-state index contributed by atoms with van der Waals surface area (Å²) >= 11 is 0. The molecular formula is C44H24N2O4. The van der Waals surface area contributed by atoms with Gasteiger partial charge in [-0.2, -0.15) is 0 Å². The topological polar surface area (TPSA) is 70.3 Å². The Balaban J connectivity index is 1.20. The molecule has 11 rings (SSSR count). The monoisotopic (exact) mass is 644 g/mol. The van der Waals surface area contributed by atoms with Crippen molar-refractivity contribution in [3.63, 3.8) is 0 Å². The summed E-state index contributed by atoms with van der Waals surface area (Å²) in [4.78, 5) is 26.5. The van der Waals surface area contributed by atoms with Gasteiger partial charge in [0.15, 0.2) is 11.2 Å². The van der Waals surface area contributed by atoms with Crippen LogP contribution < -0.4 is 11.3 Å². The summed E-state index contributed by atoms with van der Waals surface area (Å²) in [6.07, 6.45) is 0. The minimum Gasteiger partial charge on any atom is -0.420 e. The first-order valence-electron chi connectivity index (χ1n) is 16.5. The highest BCUT2D eigenvalue weighted by molar-refractivity contribution is 6.22. The number of fused-ring (bicyclic) bond motifs is 14. The first-order chi connectivity index (χ1) is 24.7. The Morgan fingerprint density at radius 1 is 0.320 bits per heavy atom. The van der Waals surface area contributed by atoms with Crippen molar-refractivity contribution >= 4 is 87.1 Å². The van der Waals surface area contributed by atoms with Crippen molar-refractivity contribution in [2.45, 2.75) is 0 Å². The van der Waals surface area contributed by atoms with Gasteiger partial charge >= 0.3 is 11.3 Å². The number of aromatic nitrogens is 2. The molecule has 0 aliphatic heterocycles. The quantitative estimate of drug-likeness (QED) is 0.139. The maximum atomic E-state index is 13.3. The molecule has 0 spiro atoms. The standard InChI is InChI=1S/C44H24N2O4/c47-43-35-13-3-1-9-27(35)33-23-21-31-29-11-5-7-15-37(29)45(39(31)41(33)49-43)25-17-19-26(20-18-25)46-38-16-8-6-12-30(38)32-22-24-34-28-10-2-4-14-36(28)44(48)50-42(34)40(32)46/h1-24H. The Kier molecular flexibility index (Phi) is 5.31. The van der Waals surface area contributed by atoms with Gasteiger partial charge in [0.25, 0.3) is 0 Å². The highest BCUT2D eigenvalue weighted by atomic mass is 16.4. The van der Waals surface area contributed by atoms with Gasteiger partial charge in [-0.25, -0.2) is 9.59 Å². The Hall–Kier alpha value is -6.92. The SMILES string of the molecule is O=c1oc2c(ccc3c4ccccc4n(-c4ccc(-n5c6ccccc6c6ccc7c8ccccc8c(=O)oc7c65)cc4)c32)c2ccccc12. The fourth-order valence-electron chi connectivity index (χ4n) is 8.06. The normalized spacial score (nSPS) is 12.2. The van der Waals surface area contributed by atoms with E-state index in [9.17, 15) is 9.59 Å². The lowest BCUT2D eigenvalue weighted by molar-refractivity contribution is 0.571. The molecule has 0 fully saturated rings. The van der Waals surface area contributed by atoms with Crippen LogP contribution in [0.25, 0.3) is 98.5 Å². The summed E-state index contributed by atoms with van der Waals surface area (Å²) in [5.41, 5.74) is 5.95. The summed E-state index contributed by atoms with van der Waals surface area (Å²) < 4.78 is 16.6. The van der Waals surface area contributed by atoms with Gasteiger partial charge in [0.1, 0.15) is 0 Å². The largest absolute Gasteiger partial charge is 0.420 e. The van der Waals surface area contributed by atoms with Gasteiger partial charge in [0.05, 0.1) is 32.8 Å². The van der Waals surface area contributed by atoms with Gasteiger partial charge in [-0.1, -0.05) is 84.9 Å². The zero-order chi connectivity index (χ0) is 33.1. The molecule has 11 aromatic rings. The third kappa shape index (κ3) is 3.51. The van der Waals surface area contributed by atoms with Crippen molar-refractivity contribution in [1.29, 1.82) is 0 Å². The van der Waals surface area contributed by atoms with Crippen LogP contribution in [0.1, 0.15) is 0 Å². The maximum Gasteiger partial charge on any atom is 0.344 e. The Labute approximate surface area is 282 Å². The molecule has 0 radical (unpaired) electrons. The van der Waals surface area contributed by atoms with E-state index in [1.165, 1.54) is 0 Å². The third-order valence-electron chi connectivity index (χ3n) is 10.2. The summed E-state index contributed by atoms with van der Waals surface area (Å²) in [7, 11) is 0. The first kappa shape index (κ1) is 27.1. The minimum absolute atomic E-state index is 0.356. The number of nitrogens with zero attached hydrogens (tertiary/aromatic N) is 2. The molecule has 7 aromatic carbocycles. The average molecular weight is 645 g/mol. The minimum atomic E-state index is -0.356. The van der Waals surface area contributed by atoms with Gasteiger partial charge in [0.2, 0.25) is 0 Å². The predicted molar refractivity (Wildman–Crippen MR) is 202 cm³/mol. The van der Waals surface area contributed by atoms with Crippen molar-refractivity contribution < 1.29 is 8.83 Å². The molecule has 0 saturated heterocycles. The van der Waals surface area contributed by atoms with Crippen LogP contribution in [0.5, 0.6) is 0 Å². The van der Waals surface area contributed by atoms with Gasteiger partial charge in [-0.3, -0.25) is 0 Å². The van der Waals surface area contributed by atoms with Crippen LogP contribution in [-0.2, 0) is 0 Å². The lowest BCUT2D eigenvalue weighted by Crippen LogP contribution is -2.02. The van der Waals surface area contributed by atoms with Crippen molar-refractivity contribution in [2.75, 3.05) is 0 Å². The van der Waals surface area contributed by atoms with E-state index in [0.29, 0.717) is 21.9 Å². The Bertz CT molecular complexity index is 3130. The zero-order valence-electron chi connectivity index (χ0n) is 26.4. The Morgan fingerprint density at radius 3 is 1.08 bits per heavy atom. The summed E-state index contributed by atoms with van der Waals surface area (Å²) in [5.74, 6) is 0. The molecule has 50 heavy (non-hydrogen) atoms. The highest BCUT2D eigenvalue weighted by Gasteiger charge is 2.21. The number of hydrogen-bond acceptors (Lipinski definition) is 4. The van der Waals surface area contributed by atoms with Crippen molar-refractivity contribution in [3.05, 3.63) is 166 Å². The van der Waals surface area contributed by atoms with Crippen molar-refractivity contribution in [3.8, 4) is 11.4 Å². The van der Waals surface area contributed by atoms with E-state index in [2.05, 4.69) is 81.9 Å². The van der Waals surface area contributed by atoms with Crippen LogP contribution in [0, 0.1) is 0 Å². The van der Waals surface area contributed by atoms with Gasteiger partial charge < -0.3 is 18.0 Å². The molecule has 0 saturated carbocycles. The van der Waals surface area contributed by atoms with Crippen LogP contribution in [0.2, 0.25) is 0 Å². The van der Waals surface area contributed by atoms with E-state index in [-0.39, 0.29) is 11.3 Å². The molecular weight excluding hydrogens is 620 g/mol.